The minimum absolute atomic E-state index is 0.273. The van der Waals surface area contributed by atoms with Gasteiger partial charge in [0.15, 0.2) is 11.5 Å². The van der Waals surface area contributed by atoms with Gasteiger partial charge in [0.2, 0.25) is 11.6 Å². The van der Waals surface area contributed by atoms with Gasteiger partial charge in [-0.05, 0) is 36.6 Å². The van der Waals surface area contributed by atoms with Crippen molar-refractivity contribution in [3.63, 3.8) is 0 Å². The third-order valence-electron chi connectivity index (χ3n) is 3.69. The molecule has 2 aromatic heterocycles. The van der Waals surface area contributed by atoms with Gasteiger partial charge in [-0.25, -0.2) is 4.68 Å². The van der Waals surface area contributed by atoms with Gasteiger partial charge >= 0.3 is 0 Å². The van der Waals surface area contributed by atoms with Gasteiger partial charge in [0.05, 0.1) is 16.3 Å². The summed E-state index contributed by atoms with van der Waals surface area (Å²) >= 11 is 3.27. The quantitative estimate of drug-likeness (QED) is 0.669. The molecular formula is C17H15N3O2S2. The largest absolute Gasteiger partial charge is 0.454 e. The normalized spacial score (nSPS) is 14.4. The molecule has 0 fully saturated rings. The molecule has 0 bridgehead atoms. The topological polar surface area (TPSA) is 48.1 Å². The number of thiophene rings is 1. The van der Waals surface area contributed by atoms with E-state index in [0.29, 0.717) is 0 Å². The maximum Gasteiger partial charge on any atom is 0.231 e. The summed E-state index contributed by atoms with van der Waals surface area (Å²) in [5, 5.41) is 8.95. The molecule has 122 valence electrons. The molecule has 1 aliphatic heterocycles. The predicted octanol–water partition coefficient (Wildman–Crippen LogP) is 3.81. The molecule has 0 saturated heterocycles. The van der Waals surface area contributed by atoms with Crippen molar-refractivity contribution in [2.75, 3.05) is 13.8 Å². The molecule has 5 nitrogen and oxygen atoms in total. The Bertz CT molecular complexity index is 968. The molecule has 1 aromatic carbocycles. The van der Waals surface area contributed by atoms with Crippen molar-refractivity contribution in [1.82, 2.24) is 4.68 Å². The van der Waals surface area contributed by atoms with Crippen LogP contribution in [0.1, 0.15) is 12.5 Å². The van der Waals surface area contributed by atoms with Crippen molar-refractivity contribution in [1.29, 1.82) is 0 Å². The Morgan fingerprint density at radius 3 is 2.83 bits per heavy atom. The van der Waals surface area contributed by atoms with E-state index in [0.717, 1.165) is 33.3 Å². The van der Waals surface area contributed by atoms with Crippen molar-refractivity contribution in [2.45, 2.75) is 6.92 Å². The Kier molecular flexibility index (Phi) is 3.95. The fourth-order valence-electron chi connectivity index (χ4n) is 2.47. The van der Waals surface area contributed by atoms with Gasteiger partial charge < -0.3 is 9.47 Å². The highest BCUT2D eigenvalue weighted by molar-refractivity contribution is 7.14. The van der Waals surface area contributed by atoms with E-state index >= 15 is 0 Å². The minimum Gasteiger partial charge on any atom is -0.454 e. The molecule has 1 aliphatic rings. The molecule has 0 N–H and O–H groups in total. The van der Waals surface area contributed by atoms with Crippen molar-refractivity contribution < 1.29 is 9.47 Å². The molecule has 0 atom stereocenters. The summed E-state index contributed by atoms with van der Waals surface area (Å²) in [5.74, 6) is 1.54. The highest BCUT2D eigenvalue weighted by Crippen LogP contribution is 2.32. The SMILES string of the molecule is CN=c1scc(-c2cccs2)n1N=C(C)c1ccc2c(c1)OCO2. The zero-order chi connectivity index (χ0) is 16.5. The smallest absolute Gasteiger partial charge is 0.231 e. The first kappa shape index (κ1) is 15.2. The maximum absolute atomic E-state index is 5.45. The summed E-state index contributed by atoms with van der Waals surface area (Å²) in [5.41, 5.74) is 2.94. The van der Waals surface area contributed by atoms with Crippen LogP contribution in [0, 0.1) is 0 Å². The average molecular weight is 357 g/mol. The molecule has 3 heterocycles. The van der Waals surface area contributed by atoms with Crippen molar-refractivity contribution >= 4 is 28.4 Å². The van der Waals surface area contributed by atoms with E-state index in [-0.39, 0.29) is 6.79 Å². The van der Waals surface area contributed by atoms with E-state index in [1.807, 2.05) is 35.9 Å². The number of hydrogen-bond acceptors (Lipinski definition) is 6. The van der Waals surface area contributed by atoms with Crippen LogP contribution in [0.15, 0.2) is 51.2 Å². The van der Waals surface area contributed by atoms with E-state index < -0.39 is 0 Å². The molecular weight excluding hydrogens is 342 g/mol. The van der Waals surface area contributed by atoms with Gasteiger partial charge in [-0.3, -0.25) is 4.99 Å². The number of aromatic nitrogens is 1. The highest BCUT2D eigenvalue weighted by atomic mass is 32.1. The van der Waals surface area contributed by atoms with Crippen LogP contribution in [-0.2, 0) is 0 Å². The van der Waals surface area contributed by atoms with Crippen LogP contribution in [0.3, 0.4) is 0 Å². The Morgan fingerprint density at radius 2 is 2.04 bits per heavy atom. The average Bonchev–Trinajstić information content (AvgIpc) is 3.33. The molecule has 7 heteroatoms. The number of nitrogens with zero attached hydrogens (tertiary/aromatic N) is 3. The second kappa shape index (κ2) is 6.26. The Hall–Kier alpha value is -2.38. The second-order valence-electron chi connectivity index (χ2n) is 5.17. The van der Waals surface area contributed by atoms with Crippen LogP contribution in [0.4, 0.5) is 0 Å². The molecule has 24 heavy (non-hydrogen) atoms. The summed E-state index contributed by atoms with van der Waals surface area (Å²) in [7, 11) is 1.78. The van der Waals surface area contributed by atoms with Gasteiger partial charge in [-0.2, -0.15) is 5.10 Å². The first-order valence-electron chi connectivity index (χ1n) is 7.39. The van der Waals surface area contributed by atoms with E-state index in [9.17, 15) is 0 Å². The summed E-state index contributed by atoms with van der Waals surface area (Å²) in [6.45, 7) is 2.26. The highest BCUT2D eigenvalue weighted by Gasteiger charge is 2.15. The lowest BCUT2D eigenvalue weighted by molar-refractivity contribution is 0.174. The third kappa shape index (κ3) is 2.65. The molecule has 0 spiro atoms. The first-order chi connectivity index (χ1) is 11.8. The van der Waals surface area contributed by atoms with Gasteiger partial charge in [0, 0.05) is 18.0 Å². The summed E-state index contributed by atoms with van der Waals surface area (Å²) < 4.78 is 12.7. The molecule has 0 saturated carbocycles. The summed E-state index contributed by atoms with van der Waals surface area (Å²) in [6, 6.07) is 10.0. The van der Waals surface area contributed by atoms with E-state index in [4.69, 9.17) is 14.6 Å². The maximum atomic E-state index is 5.45. The van der Waals surface area contributed by atoms with Gasteiger partial charge in [0.1, 0.15) is 0 Å². The Morgan fingerprint density at radius 1 is 1.17 bits per heavy atom. The Balaban J connectivity index is 1.79. The fourth-order valence-corrected chi connectivity index (χ4v) is 4.06. The van der Waals surface area contributed by atoms with Crippen LogP contribution in [0.5, 0.6) is 11.5 Å². The van der Waals surface area contributed by atoms with Crippen LogP contribution in [-0.4, -0.2) is 24.2 Å². The number of rotatable bonds is 3. The standard InChI is InChI=1S/C17H15N3O2S2/c1-11(12-5-6-14-15(8-12)22-10-21-14)19-20-13(9-24-17(20)18-2)16-4-3-7-23-16/h3-9H,10H2,1-2H3. The van der Waals surface area contributed by atoms with Crippen molar-refractivity contribution in [2.24, 2.45) is 10.1 Å². The van der Waals surface area contributed by atoms with Gasteiger partial charge in [-0.1, -0.05) is 6.07 Å². The van der Waals surface area contributed by atoms with E-state index in [1.165, 1.54) is 4.88 Å². The van der Waals surface area contributed by atoms with Crippen molar-refractivity contribution in [3.8, 4) is 22.1 Å². The van der Waals surface area contributed by atoms with Crippen LogP contribution in [0.25, 0.3) is 10.6 Å². The third-order valence-corrected chi connectivity index (χ3v) is 5.49. The van der Waals surface area contributed by atoms with Crippen molar-refractivity contribution in [3.05, 3.63) is 51.5 Å². The predicted molar refractivity (Wildman–Crippen MR) is 97.3 cm³/mol. The molecule has 0 aliphatic carbocycles. The minimum atomic E-state index is 0.273. The Labute approximate surface area is 147 Å². The monoisotopic (exact) mass is 357 g/mol. The first-order valence-corrected chi connectivity index (χ1v) is 9.15. The zero-order valence-corrected chi connectivity index (χ0v) is 14.9. The van der Waals surface area contributed by atoms with Gasteiger partial charge in [0.25, 0.3) is 0 Å². The second-order valence-corrected chi connectivity index (χ2v) is 6.95. The van der Waals surface area contributed by atoms with E-state index in [1.54, 1.807) is 29.7 Å². The number of benzene rings is 1. The lowest BCUT2D eigenvalue weighted by Gasteiger charge is -2.05. The lowest BCUT2D eigenvalue weighted by Crippen LogP contribution is -2.13. The molecule has 3 aromatic rings. The molecule has 0 radical (unpaired) electrons. The number of thiazole rings is 1. The van der Waals surface area contributed by atoms with Crippen LogP contribution < -0.4 is 14.3 Å². The number of hydrogen-bond donors (Lipinski definition) is 0. The summed E-state index contributed by atoms with van der Waals surface area (Å²) in [6.07, 6.45) is 0. The van der Waals surface area contributed by atoms with Crippen LogP contribution in [0.2, 0.25) is 0 Å². The number of ether oxygens (including phenoxy) is 2. The van der Waals surface area contributed by atoms with Gasteiger partial charge in [-0.15, -0.1) is 22.7 Å². The van der Waals surface area contributed by atoms with Crippen LogP contribution >= 0.6 is 22.7 Å². The number of fused-ring (bicyclic) bond motifs is 1. The lowest BCUT2D eigenvalue weighted by atomic mass is 10.1. The molecule has 0 amide bonds. The fraction of sp³-hybridized carbons (Fsp3) is 0.176. The van der Waals surface area contributed by atoms with E-state index in [2.05, 4.69) is 21.8 Å². The zero-order valence-electron chi connectivity index (χ0n) is 13.2. The summed E-state index contributed by atoms with van der Waals surface area (Å²) in [4.78, 5) is 6.37. The molecule has 0 unspecified atom stereocenters. The molecule has 4 rings (SSSR count).